The van der Waals surface area contributed by atoms with Gasteiger partial charge in [-0.3, -0.25) is 4.68 Å². The molecule has 3 aromatic rings. The zero-order chi connectivity index (χ0) is 11.1. The van der Waals surface area contributed by atoms with Crippen LogP contribution in [0, 0.1) is 5.82 Å². The molecule has 1 aromatic carbocycles. The monoisotopic (exact) mass is 215 g/mol. The molecule has 0 amide bonds. The first-order valence-electron chi connectivity index (χ1n) is 5.00. The zero-order valence-corrected chi connectivity index (χ0v) is 8.74. The fourth-order valence-electron chi connectivity index (χ4n) is 1.90. The lowest BCUT2D eigenvalue weighted by Crippen LogP contribution is -1.83. The molecule has 2 aromatic heterocycles. The third-order valence-corrected chi connectivity index (χ3v) is 2.66. The van der Waals surface area contributed by atoms with E-state index in [0.717, 1.165) is 22.0 Å². The van der Waals surface area contributed by atoms with Crippen LogP contribution in [-0.2, 0) is 7.05 Å². The fraction of sp³-hybridized carbons (Fsp3) is 0.0833. The third-order valence-electron chi connectivity index (χ3n) is 2.66. The summed E-state index contributed by atoms with van der Waals surface area (Å²) >= 11 is 0. The van der Waals surface area contributed by atoms with Crippen LogP contribution in [0.25, 0.3) is 22.0 Å². The van der Waals surface area contributed by atoms with Crippen molar-refractivity contribution in [3.8, 4) is 11.1 Å². The minimum atomic E-state index is -0.230. The molecule has 0 radical (unpaired) electrons. The maximum absolute atomic E-state index is 13.0. The molecule has 3 rings (SSSR count). The topological polar surface area (TPSA) is 33.6 Å². The van der Waals surface area contributed by atoms with Gasteiger partial charge in [0.15, 0.2) is 0 Å². The number of hydrogen-bond acceptors (Lipinski definition) is 1. The van der Waals surface area contributed by atoms with Crippen LogP contribution >= 0.6 is 0 Å². The Morgan fingerprint density at radius 1 is 1.38 bits per heavy atom. The third kappa shape index (κ3) is 1.31. The Balaban J connectivity index is 2.25. The van der Waals surface area contributed by atoms with Crippen LogP contribution in [0.4, 0.5) is 4.39 Å². The minimum absolute atomic E-state index is 0.230. The lowest BCUT2D eigenvalue weighted by atomic mass is 10.1. The van der Waals surface area contributed by atoms with Crippen LogP contribution in [0.1, 0.15) is 0 Å². The Hall–Kier alpha value is -2.10. The smallest absolute Gasteiger partial charge is 0.125 e. The number of H-pyrrole nitrogens is 1. The molecule has 0 aliphatic heterocycles. The normalized spacial score (nSPS) is 11.1. The van der Waals surface area contributed by atoms with Crippen molar-refractivity contribution in [3.63, 3.8) is 0 Å². The number of halogens is 1. The molecule has 2 heterocycles. The molecule has 0 aliphatic rings. The lowest BCUT2D eigenvalue weighted by molar-refractivity contribution is 0.629. The van der Waals surface area contributed by atoms with Crippen LogP contribution in [0.5, 0.6) is 0 Å². The highest BCUT2D eigenvalue weighted by Gasteiger charge is 2.07. The molecule has 0 saturated carbocycles. The first-order valence-corrected chi connectivity index (χ1v) is 5.00. The van der Waals surface area contributed by atoms with Crippen molar-refractivity contribution >= 4 is 10.9 Å². The Labute approximate surface area is 91.5 Å². The number of aryl methyl sites for hydroxylation is 1. The molecule has 0 saturated heterocycles. The van der Waals surface area contributed by atoms with Crippen LogP contribution in [0.3, 0.4) is 0 Å². The summed E-state index contributed by atoms with van der Waals surface area (Å²) in [5.74, 6) is -0.230. The number of fused-ring (bicyclic) bond motifs is 1. The molecule has 0 aliphatic carbocycles. The Bertz CT molecular complexity index is 651. The molecule has 1 N–H and O–H groups in total. The number of nitrogens with one attached hydrogen (secondary N) is 1. The molecular weight excluding hydrogens is 205 g/mol. The van der Waals surface area contributed by atoms with Crippen molar-refractivity contribution in [3.05, 3.63) is 42.6 Å². The summed E-state index contributed by atoms with van der Waals surface area (Å²) in [4.78, 5) is 3.06. The Kier molecular flexibility index (Phi) is 1.83. The van der Waals surface area contributed by atoms with Crippen LogP contribution in [0.15, 0.2) is 36.8 Å². The van der Waals surface area contributed by atoms with E-state index in [2.05, 4.69) is 10.1 Å². The first kappa shape index (κ1) is 9.15. The standard InChI is InChI=1S/C12H10FN3/c1-16-7-8(5-15-16)11-6-14-12-4-9(13)2-3-10(11)12/h2-7,14H,1H3. The molecule has 0 bridgehead atoms. The van der Waals surface area contributed by atoms with Gasteiger partial charge in [-0.2, -0.15) is 5.10 Å². The predicted octanol–water partition coefficient (Wildman–Crippen LogP) is 2.71. The number of nitrogens with zero attached hydrogens (tertiary/aromatic N) is 2. The summed E-state index contributed by atoms with van der Waals surface area (Å²) < 4.78 is 14.8. The fourth-order valence-corrected chi connectivity index (χ4v) is 1.90. The van der Waals surface area contributed by atoms with Gasteiger partial charge in [0.1, 0.15) is 5.82 Å². The van der Waals surface area contributed by atoms with Crippen LogP contribution in [-0.4, -0.2) is 14.8 Å². The van der Waals surface area contributed by atoms with E-state index in [1.165, 1.54) is 12.1 Å². The van der Waals surface area contributed by atoms with Gasteiger partial charge in [-0.05, 0) is 18.2 Å². The van der Waals surface area contributed by atoms with E-state index in [1.807, 2.05) is 19.4 Å². The van der Waals surface area contributed by atoms with E-state index >= 15 is 0 Å². The number of rotatable bonds is 1. The molecule has 0 spiro atoms. The van der Waals surface area contributed by atoms with Crippen LogP contribution in [0.2, 0.25) is 0 Å². The van der Waals surface area contributed by atoms with Crippen molar-refractivity contribution in [2.45, 2.75) is 0 Å². The maximum Gasteiger partial charge on any atom is 0.125 e. The van der Waals surface area contributed by atoms with Gasteiger partial charge >= 0.3 is 0 Å². The molecule has 3 nitrogen and oxygen atoms in total. The van der Waals surface area contributed by atoms with Gasteiger partial charge in [-0.15, -0.1) is 0 Å². The average Bonchev–Trinajstić information content (AvgIpc) is 2.83. The largest absolute Gasteiger partial charge is 0.360 e. The second-order valence-electron chi connectivity index (χ2n) is 3.79. The van der Waals surface area contributed by atoms with Crippen molar-refractivity contribution in [1.29, 1.82) is 0 Å². The number of aromatic amines is 1. The molecule has 80 valence electrons. The minimum Gasteiger partial charge on any atom is -0.360 e. The average molecular weight is 215 g/mol. The predicted molar refractivity (Wildman–Crippen MR) is 60.5 cm³/mol. The summed E-state index contributed by atoms with van der Waals surface area (Å²) in [6.07, 6.45) is 5.61. The van der Waals surface area contributed by atoms with Gasteiger partial charge in [0, 0.05) is 41.5 Å². The Morgan fingerprint density at radius 2 is 2.25 bits per heavy atom. The van der Waals surface area contributed by atoms with E-state index in [-0.39, 0.29) is 5.82 Å². The van der Waals surface area contributed by atoms with Gasteiger partial charge in [0.2, 0.25) is 0 Å². The summed E-state index contributed by atoms with van der Waals surface area (Å²) in [5.41, 5.74) is 2.88. The first-order chi connectivity index (χ1) is 7.74. The molecule has 0 unspecified atom stereocenters. The SMILES string of the molecule is Cn1cc(-c2c[nH]c3cc(F)ccc23)cn1. The second-order valence-corrected chi connectivity index (χ2v) is 3.79. The molecular formula is C12H10FN3. The van der Waals surface area contributed by atoms with Crippen molar-refractivity contribution in [2.24, 2.45) is 7.05 Å². The van der Waals surface area contributed by atoms with E-state index < -0.39 is 0 Å². The summed E-state index contributed by atoms with van der Waals surface area (Å²) in [5, 5.41) is 5.13. The highest BCUT2D eigenvalue weighted by atomic mass is 19.1. The van der Waals surface area contributed by atoms with Gasteiger partial charge in [0.05, 0.1) is 6.20 Å². The van der Waals surface area contributed by atoms with Gasteiger partial charge in [-0.1, -0.05) is 0 Å². The zero-order valence-electron chi connectivity index (χ0n) is 8.74. The number of hydrogen-bond donors (Lipinski definition) is 1. The Morgan fingerprint density at radius 3 is 3.00 bits per heavy atom. The highest BCUT2D eigenvalue weighted by Crippen LogP contribution is 2.28. The summed E-state index contributed by atoms with van der Waals surface area (Å²) in [6.45, 7) is 0. The molecule has 4 heteroatoms. The van der Waals surface area contributed by atoms with Crippen LogP contribution < -0.4 is 0 Å². The van der Waals surface area contributed by atoms with Crippen molar-refractivity contribution < 1.29 is 4.39 Å². The summed E-state index contributed by atoms with van der Waals surface area (Å²) in [6, 6.07) is 4.74. The van der Waals surface area contributed by atoms with Crippen molar-refractivity contribution in [1.82, 2.24) is 14.8 Å². The molecule has 0 fully saturated rings. The van der Waals surface area contributed by atoms with Crippen molar-refractivity contribution in [2.75, 3.05) is 0 Å². The molecule has 0 atom stereocenters. The van der Waals surface area contributed by atoms with E-state index in [0.29, 0.717) is 0 Å². The number of benzene rings is 1. The van der Waals surface area contributed by atoms with E-state index in [9.17, 15) is 4.39 Å². The molecule has 16 heavy (non-hydrogen) atoms. The summed E-state index contributed by atoms with van der Waals surface area (Å²) in [7, 11) is 1.87. The number of aromatic nitrogens is 3. The maximum atomic E-state index is 13.0. The van der Waals surface area contributed by atoms with E-state index in [1.54, 1.807) is 16.9 Å². The quantitative estimate of drug-likeness (QED) is 0.665. The van der Waals surface area contributed by atoms with E-state index in [4.69, 9.17) is 0 Å². The second kappa shape index (κ2) is 3.20. The highest BCUT2D eigenvalue weighted by molar-refractivity contribution is 5.95. The lowest BCUT2D eigenvalue weighted by Gasteiger charge is -1.94. The van der Waals surface area contributed by atoms with Gasteiger partial charge in [-0.25, -0.2) is 4.39 Å². The van der Waals surface area contributed by atoms with Gasteiger partial charge in [0.25, 0.3) is 0 Å². The van der Waals surface area contributed by atoms with Gasteiger partial charge < -0.3 is 4.98 Å².